The minimum Gasteiger partial charge on any atom is -0.334 e. The number of pyridine rings is 1. The summed E-state index contributed by atoms with van der Waals surface area (Å²) in [6.07, 6.45) is 0. The number of halogens is 1. The first-order valence-electron chi connectivity index (χ1n) is 5.66. The number of hydrazine groups is 1. The standard InChI is InChI=1S/C12H12BrN5O2/c1-7-4-8(13)6-9(5-7)15-12-10(18(19)20)2-3-11(16-12)17-14/h2-6H,14H2,1H3,(H2,15,16,17). The second-order valence-electron chi connectivity index (χ2n) is 4.11. The van der Waals surface area contributed by atoms with Gasteiger partial charge in [0.1, 0.15) is 5.82 Å². The van der Waals surface area contributed by atoms with Crippen LogP contribution in [0.1, 0.15) is 5.56 Å². The van der Waals surface area contributed by atoms with Crippen molar-refractivity contribution in [3.05, 3.63) is 50.5 Å². The normalized spacial score (nSPS) is 10.2. The van der Waals surface area contributed by atoms with Gasteiger partial charge in [-0.25, -0.2) is 10.8 Å². The highest BCUT2D eigenvalue weighted by molar-refractivity contribution is 9.10. The zero-order valence-electron chi connectivity index (χ0n) is 10.6. The number of anilines is 3. The van der Waals surface area contributed by atoms with Crippen LogP contribution in [0.4, 0.5) is 23.0 Å². The molecule has 1 heterocycles. The zero-order chi connectivity index (χ0) is 14.7. The molecular formula is C12H12BrN5O2. The number of aromatic nitrogens is 1. The Labute approximate surface area is 123 Å². The largest absolute Gasteiger partial charge is 0.334 e. The van der Waals surface area contributed by atoms with Gasteiger partial charge >= 0.3 is 5.69 Å². The SMILES string of the molecule is Cc1cc(Br)cc(Nc2nc(NN)ccc2[N+](=O)[O-])c1. The average Bonchev–Trinajstić information content (AvgIpc) is 2.37. The first-order chi connectivity index (χ1) is 9.49. The Morgan fingerprint density at radius 1 is 1.35 bits per heavy atom. The van der Waals surface area contributed by atoms with Crippen LogP contribution in [0.5, 0.6) is 0 Å². The molecule has 0 atom stereocenters. The fraction of sp³-hybridized carbons (Fsp3) is 0.0833. The van der Waals surface area contributed by atoms with Gasteiger partial charge in [0.15, 0.2) is 0 Å². The van der Waals surface area contributed by atoms with E-state index in [2.05, 4.69) is 31.7 Å². The van der Waals surface area contributed by atoms with Gasteiger partial charge in [0.2, 0.25) is 5.82 Å². The molecule has 1 aromatic heterocycles. The first-order valence-corrected chi connectivity index (χ1v) is 6.45. The molecule has 0 amide bonds. The molecule has 20 heavy (non-hydrogen) atoms. The number of benzene rings is 1. The molecule has 0 unspecified atom stereocenters. The minimum absolute atomic E-state index is 0.123. The van der Waals surface area contributed by atoms with Crippen molar-refractivity contribution in [3.63, 3.8) is 0 Å². The third kappa shape index (κ3) is 3.22. The summed E-state index contributed by atoms with van der Waals surface area (Å²) in [7, 11) is 0. The maximum Gasteiger partial charge on any atom is 0.311 e. The van der Waals surface area contributed by atoms with Crippen LogP contribution < -0.4 is 16.6 Å². The molecule has 1 aromatic carbocycles. The predicted octanol–water partition coefficient (Wildman–Crippen LogP) is 3.09. The summed E-state index contributed by atoms with van der Waals surface area (Å²) in [6.45, 7) is 1.93. The minimum atomic E-state index is -0.500. The fourth-order valence-electron chi connectivity index (χ4n) is 1.72. The summed E-state index contributed by atoms with van der Waals surface area (Å²) in [5.74, 6) is 5.73. The molecular weight excluding hydrogens is 326 g/mol. The summed E-state index contributed by atoms with van der Waals surface area (Å²) < 4.78 is 0.871. The molecule has 0 fully saturated rings. The van der Waals surface area contributed by atoms with Gasteiger partial charge < -0.3 is 10.7 Å². The van der Waals surface area contributed by atoms with E-state index in [9.17, 15) is 10.1 Å². The molecule has 0 aliphatic heterocycles. The highest BCUT2D eigenvalue weighted by Crippen LogP contribution is 2.28. The molecule has 0 aliphatic rings. The molecule has 0 saturated carbocycles. The van der Waals surface area contributed by atoms with Crippen LogP contribution in [0, 0.1) is 17.0 Å². The Kier molecular flexibility index (Phi) is 4.16. The maximum atomic E-state index is 11.0. The van der Waals surface area contributed by atoms with Crippen LogP contribution in [-0.2, 0) is 0 Å². The van der Waals surface area contributed by atoms with E-state index in [1.54, 1.807) is 6.07 Å². The Morgan fingerprint density at radius 2 is 2.10 bits per heavy atom. The van der Waals surface area contributed by atoms with Crippen molar-refractivity contribution >= 4 is 38.9 Å². The Balaban J connectivity index is 2.42. The molecule has 7 nitrogen and oxygen atoms in total. The van der Waals surface area contributed by atoms with E-state index >= 15 is 0 Å². The van der Waals surface area contributed by atoms with Gasteiger partial charge in [-0.1, -0.05) is 15.9 Å². The number of nitrogens with two attached hydrogens (primary N) is 1. The van der Waals surface area contributed by atoms with Crippen molar-refractivity contribution in [2.24, 2.45) is 5.84 Å². The monoisotopic (exact) mass is 337 g/mol. The zero-order valence-corrected chi connectivity index (χ0v) is 12.1. The summed E-state index contributed by atoms with van der Waals surface area (Å²) in [4.78, 5) is 14.6. The predicted molar refractivity (Wildman–Crippen MR) is 80.9 cm³/mol. The van der Waals surface area contributed by atoms with Crippen molar-refractivity contribution < 1.29 is 4.92 Å². The molecule has 2 aromatic rings. The van der Waals surface area contributed by atoms with Gasteiger partial charge in [-0.05, 0) is 36.8 Å². The quantitative estimate of drug-likeness (QED) is 0.449. The molecule has 8 heteroatoms. The fourth-order valence-corrected chi connectivity index (χ4v) is 2.32. The van der Waals surface area contributed by atoms with Crippen molar-refractivity contribution in [1.82, 2.24) is 4.98 Å². The lowest BCUT2D eigenvalue weighted by atomic mass is 10.2. The van der Waals surface area contributed by atoms with Crippen LogP contribution in [0.3, 0.4) is 0 Å². The average molecular weight is 338 g/mol. The highest BCUT2D eigenvalue weighted by atomic mass is 79.9. The van der Waals surface area contributed by atoms with E-state index in [4.69, 9.17) is 5.84 Å². The number of nitrogen functional groups attached to an aromatic ring is 1. The van der Waals surface area contributed by atoms with Crippen LogP contribution in [-0.4, -0.2) is 9.91 Å². The van der Waals surface area contributed by atoms with Crippen molar-refractivity contribution in [3.8, 4) is 0 Å². The second kappa shape index (κ2) is 5.85. The molecule has 0 saturated heterocycles. The molecule has 0 radical (unpaired) electrons. The van der Waals surface area contributed by atoms with Crippen molar-refractivity contribution in [1.29, 1.82) is 0 Å². The summed E-state index contributed by atoms with van der Waals surface area (Å²) in [5.41, 5.74) is 3.94. The van der Waals surface area contributed by atoms with Gasteiger partial charge in [0.05, 0.1) is 4.92 Å². The van der Waals surface area contributed by atoms with E-state index < -0.39 is 4.92 Å². The van der Waals surface area contributed by atoms with E-state index in [1.807, 2.05) is 19.1 Å². The van der Waals surface area contributed by atoms with Gasteiger partial charge in [-0.3, -0.25) is 10.1 Å². The Morgan fingerprint density at radius 3 is 2.70 bits per heavy atom. The van der Waals surface area contributed by atoms with Crippen LogP contribution in [0.15, 0.2) is 34.8 Å². The van der Waals surface area contributed by atoms with E-state index in [-0.39, 0.29) is 11.5 Å². The van der Waals surface area contributed by atoms with E-state index in [1.165, 1.54) is 12.1 Å². The Bertz CT molecular complexity index is 642. The van der Waals surface area contributed by atoms with Gasteiger partial charge in [-0.15, -0.1) is 0 Å². The number of nitrogens with zero attached hydrogens (tertiary/aromatic N) is 2. The van der Waals surface area contributed by atoms with Gasteiger partial charge in [-0.2, -0.15) is 0 Å². The maximum absolute atomic E-state index is 11.0. The summed E-state index contributed by atoms with van der Waals surface area (Å²) in [5, 5.41) is 13.9. The molecule has 4 N–H and O–H groups in total. The third-order valence-electron chi connectivity index (χ3n) is 2.52. The van der Waals surface area contributed by atoms with Crippen molar-refractivity contribution in [2.75, 3.05) is 10.7 Å². The lowest BCUT2D eigenvalue weighted by Crippen LogP contribution is -2.10. The van der Waals surface area contributed by atoms with Crippen LogP contribution in [0.25, 0.3) is 0 Å². The van der Waals surface area contributed by atoms with E-state index in [0.717, 1.165) is 10.0 Å². The molecule has 104 valence electrons. The Hall–Kier alpha value is -2.19. The summed E-state index contributed by atoms with van der Waals surface area (Å²) >= 11 is 3.38. The second-order valence-corrected chi connectivity index (χ2v) is 5.02. The van der Waals surface area contributed by atoms with Crippen LogP contribution >= 0.6 is 15.9 Å². The first kappa shape index (κ1) is 14.2. The van der Waals surface area contributed by atoms with Crippen molar-refractivity contribution in [2.45, 2.75) is 6.92 Å². The number of hydrogen-bond donors (Lipinski definition) is 3. The molecule has 0 bridgehead atoms. The number of nitrogens with one attached hydrogen (secondary N) is 2. The highest BCUT2D eigenvalue weighted by Gasteiger charge is 2.16. The van der Waals surface area contributed by atoms with Gasteiger partial charge in [0, 0.05) is 16.2 Å². The van der Waals surface area contributed by atoms with E-state index in [0.29, 0.717) is 11.5 Å². The summed E-state index contributed by atoms with van der Waals surface area (Å²) in [6, 6.07) is 8.38. The lowest BCUT2D eigenvalue weighted by Gasteiger charge is -2.09. The third-order valence-corrected chi connectivity index (χ3v) is 2.98. The number of rotatable bonds is 4. The molecule has 0 spiro atoms. The molecule has 0 aliphatic carbocycles. The van der Waals surface area contributed by atoms with Crippen LogP contribution in [0.2, 0.25) is 0 Å². The topological polar surface area (TPSA) is 106 Å². The molecule has 2 rings (SSSR count). The smallest absolute Gasteiger partial charge is 0.311 e. The van der Waals surface area contributed by atoms with Gasteiger partial charge in [0.25, 0.3) is 0 Å². The number of aryl methyl sites for hydroxylation is 1. The number of hydrogen-bond acceptors (Lipinski definition) is 6. The number of nitro groups is 1. The lowest BCUT2D eigenvalue weighted by molar-refractivity contribution is -0.384.